The van der Waals surface area contributed by atoms with Gasteiger partial charge in [0.2, 0.25) is 11.0 Å². The summed E-state index contributed by atoms with van der Waals surface area (Å²) in [6.45, 7) is 0. The molecule has 2 N–H and O–H groups in total. The van der Waals surface area contributed by atoms with Gasteiger partial charge in [0, 0.05) is 16.8 Å². The van der Waals surface area contributed by atoms with Gasteiger partial charge < -0.3 is 15.4 Å². The van der Waals surface area contributed by atoms with Crippen molar-refractivity contribution >= 4 is 57.1 Å². The Morgan fingerprint density at radius 3 is 2.96 bits per heavy atom. The molecule has 0 unspecified atom stereocenters. The van der Waals surface area contributed by atoms with Crippen molar-refractivity contribution in [2.75, 3.05) is 23.5 Å². The molecule has 0 bridgehead atoms. The van der Waals surface area contributed by atoms with E-state index >= 15 is 0 Å². The van der Waals surface area contributed by atoms with Crippen LogP contribution in [0, 0.1) is 11.3 Å². The van der Waals surface area contributed by atoms with Gasteiger partial charge in [-0.3, -0.25) is 4.79 Å². The fourth-order valence-corrected chi connectivity index (χ4v) is 3.92. The van der Waals surface area contributed by atoms with Gasteiger partial charge in [0.15, 0.2) is 4.34 Å². The smallest absolute Gasteiger partial charge is 0.234 e. The number of hydrogen-bond donors (Lipinski definition) is 2. The second-order valence-corrected chi connectivity index (χ2v) is 8.01. The molecule has 1 amide bonds. The molecule has 3 rings (SSSR count). The zero-order valence-electron chi connectivity index (χ0n) is 14.6. The molecule has 0 atom stereocenters. The van der Waals surface area contributed by atoms with E-state index in [9.17, 15) is 4.79 Å². The third-order valence-electron chi connectivity index (χ3n) is 3.43. The molecule has 7 nitrogen and oxygen atoms in total. The number of benzene rings is 2. The van der Waals surface area contributed by atoms with E-state index in [0.29, 0.717) is 25.7 Å². The Hall–Kier alpha value is -2.80. The molecule has 0 aliphatic heterocycles. The maximum atomic E-state index is 12.2. The van der Waals surface area contributed by atoms with Crippen LogP contribution in [0.25, 0.3) is 0 Å². The van der Waals surface area contributed by atoms with Crippen LogP contribution in [-0.4, -0.2) is 29.0 Å². The average Bonchev–Trinajstić information content (AvgIpc) is 3.14. The SMILES string of the molecule is COc1cccc(Nc2nnc(SCC(=O)Nc3cc(Cl)ccc3C#N)s2)c1. The number of methoxy groups -OCH3 is 1. The number of nitriles is 1. The van der Waals surface area contributed by atoms with E-state index in [-0.39, 0.29) is 11.7 Å². The quantitative estimate of drug-likeness (QED) is 0.529. The van der Waals surface area contributed by atoms with Gasteiger partial charge in [-0.25, -0.2) is 0 Å². The summed E-state index contributed by atoms with van der Waals surface area (Å²) in [7, 11) is 1.60. The summed E-state index contributed by atoms with van der Waals surface area (Å²) in [5, 5.41) is 24.1. The number of ether oxygens (including phenoxy) is 1. The first-order valence-corrected chi connectivity index (χ1v) is 10.1. The lowest BCUT2D eigenvalue weighted by Crippen LogP contribution is -2.14. The summed E-state index contributed by atoms with van der Waals surface area (Å²) >= 11 is 8.51. The Kier molecular flexibility index (Phi) is 6.71. The number of thioether (sulfide) groups is 1. The summed E-state index contributed by atoms with van der Waals surface area (Å²) in [6.07, 6.45) is 0. The number of nitrogens with zero attached hydrogens (tertiary/aromatic N) is 3. The number of carbonyl (C=O) groups excluding carboxylic acids is 1. The van der Waals surface area contributed by atoms with Crippen molar-refractivity contribution in [3.05, 3.63) is 53.1 Å². The fourth-order valence-electron chi connectivity index (χ4n) is 2.17. The highest BCUT2D eigenvalue weighted by molar-refractivity contribution is 8.01. The van der Waals surface area contributed by atoms with Crippen molar-refractivity contribution in [1.29, 1.82) is 5.26 Å². The number of amides is 1. The average molecular weight is 432 g/mol. The molecule has 1 heterocycles. The molecule has 0 saturated heterocycles. The standard InChI is InChI=1S/C18H14ClN5O2S2/c1-26-14-4-2-3-13(8-14)21-17-23-24-18(28-17)27-10-16(25)22-15-7-12(19)6-5-11(15)9-20/h2-8H,10H2,1H3,(H,21,23)(H,22,25). The van der Waals surface area contributed by atoms with Crippen LogP contribution in [0.5, 0.6) is 5.75 Å². The highest BCUT2D eigenvalue weighted by Crippen LogP contribution is 2.29. The first-order valence-electron chi connectivity index (χ1n) is 7.94. The normalized spacial score (nSPS) is 10.2. The monoisotopic (exact) mass is 431 g/mol. The molecule has 2 aromatic carbocycles. The lowest BCUT2D eigenvalue weighted by Gasteiger charge is -2.06. The number of rotatable bonds is 7. The molecule has 1 aromatic heterocycles. The summed E-state index contributed by atoms with van der Waals surface area (Å²) in [4.78, 5) is 12.2. The van der Waals surface area contributed by atoms with Crippen LogP contribution in [-0.2, 0) is 4.79 Å². The van der Waals surface area contributed by atoms with Crippen LogP contribution in [0.1, 0.15) is 5.56 Å². The van der Waals surface area contributed by atoms with Gasteiger partial charge in [-0.1, -0.05) is 40.8 Å². The van der Waals surface area contributed by atoms with Gasteiger partial charge in [-0.15, -0.1) is 10.2 Å². The topological polar surface area (TPSA) is 99.9 Å². The third kappa shape index (κ3) is 5.36. The molecule has 0 spiro atoms. The van der Waals surface area contributed by atoms with Crippen molar-refractivity contribution < 1.29 is 9.53 Å². The molecule has 0 aliphatic rings. The van der Waals surface area contributed by atoms with E-state index in [1.54, 1.807) is 25.3 Å². The van der Waals surface area contributed by atoms with E-state index in [1.165, 1.54) is 23.1 Å². The predicted molar refractivity (Wildman–Crippen MR) is 112 cm³/mol. The van der Waals surface area contributed by atoms with Crippen LogP contribution in [0.4, 0.5) is 16.5 Å². The third-order valence-corrected chi connectivity index (χ3v) is 5.64. The van der Waals surface area contributed by atoms with Crippen LogP contribution >= 0.6 is 34.7 Å². The van der Waals surface area contributed by atoms with Crippen LogP contribution in [0.3, 0.4) is 0 Å². The highest BCUT2D eigenvalue weighted by Gasteiger charge is 2.11. The minimum atomic E-state index is -0.263. The van der Waals surface area contributed by atoms with Crippen LogP contribution < -0.4 is 15.4 Å². The zero-order valence-corrected chi connectivity index (χ0v) is 17.0. The van der Waals surface area contributed by atoms with Gasteiger partial charge in [-0.05, 0) is 30.3 Å². The van der Waals surface area contributed by atoms with Crippen molar-refractivity contribution in [2.45, 2.75) is 4.34 Å². The molecular formula is C18H14ClN5O2S2. The second-order valence-electron chi connectivity index (χ2n) is 5.37. The summed E-state index contributed by atoms with van der Waals surface area (Å²) in [5.74, 6) is 0.602. The lowest BCUT2D eigenvalue weighted by molar-refractivity contribution is -0.113. The second kappa shape index (κ2) is 9.41. The van der Waals surface area contributed by atoms with Crippen molar-refractivity contribution in [2.24, 2.45) is 0 Å². The van der Waals surface area contributed by atoms with E-state index in [4.69, 9.17) is 21.6 Å². The summed E-state index contributed by atoms with van der Waals surface area (Å²) in [6, 6.07) is 14.2. The fraction of sp³-hybridized carbons (Fsp3) is 0.111. The minimum absolute atomic E-state index is 0.130. The van der Waals surface area contributed by atoms with E-state index in [2.05, 4.69) is 20.8 Å². The Balaban J connectivity index is 1.56. The number of aromatic nitrogens is 2. The Bertz CT molecular complexity index is 1030. The lowest BCUT2D eigenvalue weighted by atomic mass is 10.2. The van der Waals surface area contributed by atoms with Gasteiger partial charge >= 0.3 is 0 Å². The number of halogens is 1. The van der Waals surface area contributed by atoms with Crippen LogP contribution in [0.2, 0.25) is 5.02 Å². The van der Waals surface area contributed by atoms with E-state index in [1.807, 2.05) is 30.3 Å². The molecule has 142 valence electrons. The predicted octanol–water partition coefficient (Wildman–Crippen LogP) is 4.55. The largest absolute Gasteiger partial charge is 0.497 e. The first-order chi connectivity index (χ1) is 13.6. The van der Waals surface area contributed by atoms with E-state index in [0.717, 1.165) is 11.4 Å². The zero-order chi connectivity index (χ0) is 19.9. The van der Waals surface area contributed by atoms with Gasteiger partial charge in [0.1, 0.15) is 11.8 Å². The molecule has 10 heteroatoms. The van der Waals surface area contributed by atoms with Gasteiger partial charge in [0.05, 0.1) is 24.1 Å². The molecule has 3 aromatic rings. The molecule has 28 heavy (non-hydrogen) atoms. The molecule has 0 aliphatic carbocycles. The van der Waals surface area contributed by atoms with Crippen molar-refractivity contribution in [3.63, 3.8) is 0 Å². The molecule has 0 saturated carbocycles. The summed E-state index contributed by atoms with van der Waals surface area (Å²) < 4.78 is 5.83. The van der Waals surface area contributed by atoms with Crippen molar-refractivity contribution in [1.82, 2.24) is 10.2 Å². The van der Waals surface area contributed by atoms with Crippen molar-refractivity contribution in [3.8, 4) is 11.8 Å². The Morgan fingerprint density at radius 1 is 1.32 bits per heavy atom. The van der Waals surface area contributed by atoms with E-state index < -0.39 is 0 Å². The molecule has 0 radical (unpaired) electrons. The first kappa shape index (κ1) is 19.9. The molecular weight excluding hydrogens is 418 g/mol. The maximum absolute atomic E-state index is 12.2. The Morgan fingerprint density at radius 2 is 2.18 bits per heavy atom. The number of anilines is 3. The Labute approximate surface area is 174 Å². The minimum Gasteiger partial charge on any atom is -0.497 e. The summed E-state index contributed by atoms with van der Waals surface area (Å²) in [5.41, 5.74) is 1.57. The van der Waals surface area contributed by atoms with Crippen LogP contribution in [0.15, 0.2) is 46.8 Å². The molecule has 0 fully saturated rings. The number of nitrogens with one attached hydrogen (secondary N) is 2. The van der Waals surface area contributed by atoms with Gasteiger partial charge in [0.25, 0.3) is 0 Å². The number of carbonyl (C=O) groups is 1. The van der Waals surface area contributed by atoms with Gasteiger partial charge in [-0.2, -0.15) is 5.26 Å². The highest BCUT2D eigenvalue weighted by atomic mass is 35.5. The maximum Gasteiger partial charge on any atom is 0.234 e. The number of hydrogen-bond acceptors (Lipinski definition) is 8.